The maximum absolute atomic E-state index is 11.9. The molecule has 0 radical (unpaired) electrons. The molecule has 1 N–H and O–H groups in total. The summed E-state index contributed by atoms with van der Waals surface area (Å²) in [6, 6.07) is 14.9. The summed E-state index contributed by atoms with van der Waals surface area (Å²) in [6.45, 7) is 3.92. The Kier molecular flexibility index (Phi) is 5.80. The molecule has 0 aliphatic carbocycles. The fraction of sp³-hybridized carbons (Fsp3) is 0.211. The monoisotopic (exact) mass is 311 g/mol. The van der Waals surface area contributed by atoms with Crippen LogP contribution in [0.1, 0.15) is 19.4 Å². The Morgan fingerprint density at radius 3 is 2.48 bits per heavy atom. The smallest absolute Gasteiger partial charge is 0.248 e. The Morgan fingerprint density at radius 1 is 1.09 bits per heavy atom. The van der Waals surface area contributed by atoms with Gasteiger partial charge in [0.1, 0.15) is 0 Å². The van der Waals surface area contributed by atoms with Gasteiger partial charge in [-0.25, -0.2) is 0 Å². The molecule has 2 aromatic rings. The first kappa shape index (κ1) is 16.6. The van der Waals surface area contributed by atoms with E-state index in [0.717, 1.165) is 11.3 Å². The zero-order valence-electron chi connectivity index (χ0n) is 13.6. The minimum Gasteiger partial charge on any atom is -0.493 e. The minimum absolute atomic E-state index is 0.0712. The number of methoxy groups -OCH3 is 1. The molecule has 4 nitrogen and oxygen atoms in total. The van der Waals surface area contributed by atoms with Gasteiger partial charge in [0, 0.05) is 11.8 Å². The van der Waals surface area contributed by atoms with Crippen LogP contribution in [0.3, 0.4) is 0 Å². The zero-order chi connectivity index (χ0) is 16.7. The first-order valence-corrected chi connectivity index (χ1v) is 7.47. The highest BCUT2D eigenvalue weighted by Crippen LogP contribution is 2.29. The maximum atomic E-state index is 11.9. The Balaban J connectivity index is 2.05. The number of hydrogen-bond acceptors (Lipinski definition) is 3. The van der Waals surface area contributed by atoms with Crippen molar-refractivity contribution in [2.24, 2.45) is 0 Å². The van der Waals surface area contributed by atoms with Crippen molar-refractivity contribution in [3.63, 3.8) is 0 Å². The third-order valence-electron chi connectivity index (χ3n) is 3.02. The molecule has 0 aliphatic rings. The lowest BCUT2D eigenvalue weighted by Crippen LogP contribution is -2.07. The van der Waals surface area contributed by atoms with Gasteiger partial charge in [0.25, 0.3) is 0 Å². The van der Waals surface area contributed by atoms with Gasteiger partial charge in [-0.05, 0) is 49.8 Å². The molecule has 120 valence electrons. The van der Waals surface area contributed by atoms with Crippen molar-refractivity contribution in [3.8, 4) is 11.5 Å². The van der Waals surface area contributed by atoms with Crippen molar-refractivity contribution in [3.05, 3.63) is 60.2 Å². The average molecular weight is 311 g/mol. The number of carbonyl (C=O) groups is 1. The molecule has 4 heteroatoms. The molecule has 1 amide bonds. The number of hydrogen-bond donors (Lipinski definition) is 1. The molecule has 0 spiro atoms. The molecule has 0 bridgehead atoms. The molecule has 0 aliphatic heterocycles. The van der Waals surface area contributed by atoms with Crippen LogP contribution in [-0.4, -0.2) is 19.1 Å². The van der Waals surface area contributed by atoms with E-state index in [2.05, 4.69) is 5.32 Å². The Labute approximate surface area is 136 Å². The fourth-order valence-electron chi connectivity index (χ4n) is 2.02. The van der Waals surface area contributed by atoms with Crippen molar-refractivity contribution in [2.75, 3.05) is 12.4 Å². The number of ether oxygens (including phenoxy) is 2. The first-order chi connectivity index (χ1) is 11.1. The predicted molar refractivity (Wildman–Crippen MR) is 92.9 cm³/mol. The highest BCUT2D eigenvalue weighted by molar-refractivity contribution is 6.01. The third-order valence-corrected chi connectivity index (χ3v) is 3.02. The topological polar surface area (TPSA) is 47.6 Å². The Hall–Kier alpha value is -2.75. The van der Waals surface area contributed by atoms with E-state index in [1.807, 2.05) is 62.4 Å². The van der Waals surface area contributed by atoms with Crippen LogP contribution in [0.5, 0.6) is 11.5 Å². The van der Waals surface area contributed by atoms with Crippen LogP contribution in [0.15, 0.2) is 54.6 Å². The Morgan fingerprint density at radius 2 is 1.83 bits per heavy atom. The second-order valence-electron chi connectivity index (χ2n) is 5.27. The van der Waals surface area contributed by atoms with Gasteiger partial charge >= 0.3 is 0 Å². The first-order valence-electron chi connectivity index (χ1n) is 7.47. The SMILES string of the molecule is COc1cc(/C=C/C(=O)Nc2ccccc2)ccc1OC(C)C. The van der Waals surface area contributed by atoms with E-state index in [9.17, 15) is 4.79 Å². The number of carbonyl (C=O) groups excluding carboxylic acids is 1. The van der Waals surface area contributed by atoms with Gasteiger partial charge in [0.2, 0.25) is 5.91 Å². The number of benzene rings is 2. The van der Waals surface area contributed by atoms with E-state index in [1.165, 1.54) is 6.08 Å². The van der Waals surface area contributed by atoms with Gasteiger partial charge in [0.05, 0.1) is 13.2 Å². The molecule has 0 aromatic heterocycles. The summed E-state index contributed by atoms with van der Waals surface area (Å²) in [4.78, 5) is 11.9. The lowest BCUT2D eigenvalue weighted by molar-refractivity contribution is -0.111. The van der Waals surface area contributed by atoms with Gasteiger partial charge in [-0.1, -0.05) is 24.3 Å². The second kappa shape index (κ2) is 8.03. The number of rotatable bonds is 6. The largest absolute Gasteiger partial charge is 0.493 e. The van der Waals surface area contributed by atoms with E-state index in [0.29, 0.717) is 11.5 Å². The molecule has 0 saturated carbocycles. The zero-order valence-corrected chi connectivity index (χ0v) is 13.6. The van der Waals surface area contributed by atoms with Crippen molar-refractivity contribution < 1.29 is 14.3 Å². The fourth-order valence-corrected chi connectivity index (χ4v) is 2.02. The van der Waals surface area contributed by atoms with Crippen molar-refractivity contribution >= 4 is 17.7 Å². The highest BCUT2D eigenvalue weighted by Gasteiger charge is 2.06. The summed E-state index contributed by atoms with van der Waals surface area (Å²) < 4.78 is 11.0. The lowest BCUT2D eigenvalue weighted by Gasteiger charge is -2.13. The van der Waals surface area contributed by atoms with E-state index in [1.54, 1.807) is 13.2 Å². The summed E-state index contributed by atoms with van der Waals surface area (Å²) in [5, 5.41) is 2.80. The number of amides is 1. The van der Waals surface area contributed by atoms with Gasteiger partial charge in [-0.15, -0.1) is 0 Å². The molecule has 2 rings (SSSR count). The second-order valence-corrected chi connectivity index (χ2v) is 5.27. The summed E-state index contributed by atoms with van der Waals surface area (Å²) in [5.74, 6) is 1.15. The molecule has 2 aromatic carbocycles. The maximum Gasteiger partial charge on any atom is 0.248 e. The van der Waals surface area contributed by atoms with Crippen LogP contribution in [0, 0.1) is 0 Å². The summed E-state index contributed by atoms with van der Waals surface area (Å²) in [7, 11) is 1.60. The van der Waals surface area contributed by atoms with Gasteiger partial charge < -0.3 is 14.8 Å². The average Bonchev–Trinajstić information content (AvgIpc) is 2.54. The molecular weight excluding hydrogens is 290 g/mol. The van der Waals surface area contributed by atoms with E-state index in [4.69, 9.17) is 9.47 Å². The summed E-state index contributed by atoms with van der Waals surface area (Å²) >= 11 is 0. The van der Waals surface area contributed by atoms with Crippen molar-refractivity contribution in [2.45, 2.75) is 20.0 Å². The van der Waals surface area contributed by atoms with E-state index >= 15 is 0 Å². The number of anilines is 1. The van der Waals surface area contributed by atoms with Crippen molar-refractivity contribution in [1.82, 2.24) is 0 Å². The van der Waals surface area contributed by atoms with Crippen LogP contribution in [-0.2, 0) is 4.79 Å². The molecule has 0 heterocycles. The number of para-hydroxylation sites is 1. The Bertz CT molecular complexity index is 678. The third kappa shape index (κ3) is 5.18. The summed E-state index contributed by atoms with van der Waals surface area (Å²) in [5.41, 5.74) is 1.63. The lowest BCUT2D eigenvalue weighted by atomic mass is 10.2. The van der Waals surface area contributed by atoms with Crippen LogP contribution in [0.2, 0.25) is 0 Å². The van der Waals surface area contributed by atoms with Crippen molar-refractivity contribution in [1.29, 1.82) is 0 Å². The van der Waals surface area contributed by atoms with Crippen LogP contribution >= 0.6 is 0 Å². The summed E-state index contributed by atoms with van der Waals surface area (Å²) in [6.07, 6.45) is 3.30. The van der Waals surface area contributed by atoms with Gasteiger partial charge in [-0.2, -0.15) is 0 Å². The quantitative estimate of drug-likeness (QED) is 0.816. The molecule has 0 unspecified atom stereocenters. The van der Waals surface area contributed by atoms with Gasteiger partial charge in [-0.3, -0.25) is 4.79 Å². The van der Waals surface area contributed by atoms with Gasteiger partial charge in [0.15, 0.2) is 11.5 Å². The molecular formula is C19H21NO3. The normalized spacial score (nSPS) is 10.8. The van der Waals surface area contributed by atoms with Crippen LogP contribution < -0.4 is 14.8 Å². The molecule has 0 fully saturated rings. The standard InChI is InChI=1S/C19H21NO3/c1-14(2)23-17-11-9-15(13-18(17)22-3)10-12-19(21)20-16-7-5-4-6-8-16/h4-14H,1-3H3,(H,20,21)/b12-10+. The van der Waals surface area contributed by atoms with E-state index in [-0.39, 0.29) is 12.0 Å². The number of nitrogens with one attached hydrogen (secondary N) is 1. The van der Waals surface area contributed by atoms with Crippen LogP contribution in [0.4, 0.5) is 5.69 Å². The molecule has 0 saturated heterocycles. The molecule has 23 heavy (non-hydrogen) atoms. The van der Waals surface area contributed by atoms with Crippen LogP contribution in [0.25, 0.3) is 6.08 Å². The predicted octanol–water partition coefficient (Wildman–Crippen LogP) is 4.13. The molecule has 0 atom stereocenters. The van der Waals surface area contributed by atoms with E-state index < -0.39 is 0 Å². The highest BCUT2D eigenvalue weighted by atomic mass is 16.5. The minimum atomic E-state index is -0.183.